The SMILES string of the molecule is COc1cc(CCCOc2ccc(C3(O)Cc4ccccc4C4=NCCN43)cc2)cc(OC)c1OC. The summed E-state index contributed by atoms with van der Waals surface area (Å²) < 4.78 is 22.3. The number of hydrogen-bond acceptors (Lipinski definition) is 7. The van der Waals surface area contributed by atoms with Crippen LogP contribution in [0.5, 0.6) is 23.0 Å². The van der Waals surface area contributed by atoms with Crippen LogP contribution in [-0.2, 0) is 18.6 Å². The van der Waals surface area contributed by atoms with E-state index in [-0.39, 0.29) is 0 Å². The number of aliphatic imine (C=N–C) groups is 1. The van der Waals surface area contributed by atoms with Crippen LogP contribution in [0.25, 0.3) is 0 Å². The maximum absolute atomic E-state index is 11.8. The molecule has 36 heavy (non-hydrogen) atoms. The normalized spacial score (nSPS) is 18.2. The van der Waals surface area contributed by atoms with E-state index in [9.17, 15) is 5.11 Å². The van der Waals surface area contributed by atoms with Gasteiger partial charge in [-0.3, -0.25) is 4.99 Å². The van der Waals surface area contributed by atoms with Crippen molar-refractivity contribution in [3.8, 4) is 23.0 Å². The van der Waals surface area contributed by atoms with Gasteiger partial charge in [0.1, 0.15) is 11.6 Å². The van der Waals surface area contributed by atoms with E-state index in [1.807, 2.05) is 53.4 Å². The molecule has 188 valence electrons. The molecule has 3 aromatic rings. The molecule has 1 unspecified atom stereocenters. The van der Waals surface area contributed by atoms with Gasteiger partial charge in [0, 0.05) is 24.1 Å². The van der Waals surface area contributed by atoms with Crippen molar-refractivity contribution in [2.75, 3.05) is 41.0 Å². The van der Waals surface area contributed by atoms with Crippen LogP contribution in [0.3, 0.4) is 0 Å². The van der Waals surface area contributed by atoms with Crippen LogP contribution in [-0.4, -0.2) is 56.9 Å². The molecule has 7 heteroatoms. The highest BCUT2D eigenvalue weighted by Crippen LogP contribution is 2.40. The second kappa shape index (κ2) is 10.1. The molecule has 1 atom stereocenters. The van der Waals surface area contributed by atoms with Gasteiger partial charge < -0.3 is 29.0 Å². The van der Waals surface area contributed by atoms with E-state index in [4.69, 9.17) is 18.9 Å². The van der Waals surface area contributed by atoms with Crippen molar-refractivity contribution in [2.24, 2.45) is 4.99 Å². The Morgan fingerprint density at radius 1 is 0.944 bits per heavy atom. The highest BCUT2D eigenvalue weighted by molar-refractivity contribution is 6.02. The molecular formula is C29H32N2O5. The van der Waals surface area contributed by atoms with Gasteiger partial charge in [0.25, 0.3) is 0 Å². The maximum Gasteiger partial charge on any atom is 0.203 e. The third kappa shape index (κ3) is 4.35. The first-order valence-corrected chi connectivity index (χ1v) is 12.2. The number of aryl methyl sites for hydroxylation is 1. The molecular weight excluding hydrogens is 456 g/mol. The number of ether oxygens (including phenoxy) is 4. The van der Waals surface area contributed by atoms with Gasteiger partial charge in [-0.25, -0.2) is 0 Å². The van der Waals surface area contributed by atoms with E-state index < -0.39 is 5.72 Å². The van der Waals surface area contributed by atoms with Crippen LogP contribution in [0.2, 0.25) is 0 Å². The number of rotatable bonds is 9. The Balaban J connectivity index is 1.23. The van der Waals surface area contributed by atoms with Gasteiger partial charge in [-0.2, -0.15) is 0 Å². The van der Waals surface area contributed by atoms with Crippen LogP contribution in [0.4, 0.5) is 0 Å². The molecule has 2 heterocycles. The predicted octanol–water partition coefficient (Wildman–Crippen LogP) is 4.19. The first-order valence-electron chi connectivity index (χ1n) is 12.2. The minimum absolute atomic E-state index is 0.525. The molecule has 0 aromatic heterocycles. The number of aliphatic hydroxyl groups is 1. The van der Waals surface area contributed by atoms with E-state index in [1.54, 1.807) is 21.3 Å². The molecule has 2 aliphatic rings. The summed E-state index contributed by atoms with van der Waals surface area (Å²) in [6.07, 6.45) is 2.16. The summed E-state index contributed by atoms with van der Waals surface area (Å²) in [4.78, 5) is 6.71. The highest BCUT2D eigenvalue weighted by Gasteiger charge is 2.44. The smallest absolute Gasteiger partial charge is 0.203 e. The Kier molecular flexibility index (Phi) is 6.74. The average molecular weight is 489 g/mol. The summed E-state index contributed by atoms with van der Waals surface area (Å²) in [6.45, 7) is 1.97. The van der Waals surface area contributed by atoms with Crippen molar-refractivity contribution >= 4 is 5.84 Å². The van der Waals surface area contributed by atoms with E-state index in [0.717, 1.165) is 46.7 Å². The summed E-state index contributed by atoms with van der Waals surface area (Å²) in [6, 6.07) is 19.9. The van der Waals surface area contributed by atoms with Crippen LogP contribution < -0.4 is 18.9 Å². The fourth-order valence-corrected chi connectivity index (χ4v) is 5.11. The molecule has 3 aromatic carbocycles. The average Bonchev–Trinajstić information content (AvgIpc) is 3.42. The summed E-state index contributed by atoms with van der Waals surface area (Å²) in [5.74, 6) is 3.55. The van der Waals surface area contributed by atoms with Gasteiger partial charge >= 0.3 is 0 Å². The Labute approximate surface area is 211 Å². The molecule has 2 aliphatic heterocycles. The Morgan fingerprint density at radius 3 is 2.36 bits per heavy atom. The molecule has 5 rings (SSSR count). The fraction of sp³-hybridized carbons (Fsp3) is 0.345. The predicted molar refractivity (Wildman–Crippen MR) is 139 cm³/mol. The lowest BCUT2D eigenvalue weighted by Gasteiger charge is -2.43. The summed E-state index contributed by atoms with van der Waals surface area (Å²) in [7, 11) is 4.84. The third-order valence-corrected chi connectivity index (χ3v) is 6.90. The van der Waals surface area contributed by atoms with Gasteiger partial charge in [0.2, 0.25) is 5.75 Å². The Morgan fingerprint density at radius 2 is 1.67 bits per heavy atom. The summed E-state index contributed by atoms with van der Waals surface area (Å²) in [5, 5.41) is 11.8. The molecule has 0 amide bonds. The molecule has 0 radical (unpaired) electrons. The first-order chi connectivity index (χ1) is 17.6. The van der Waals surface area contributed by atoms with Gasteiger partial charge in [0.15, 0.2) is 17.2 Å². The summed E-state index contributed by atoms with van der Waals surface area (Å²) in [5.41, 5.74) is 3.05. The number of benzene rings is 3. The lowest BCUT2D eigenvalue weighted by molar-refractivity contribution is -0.0745. The van der Waals surface area contributed by atoms with Crippen molar-refractivity contribution < 1.29 is 24.1 Å². The molecule has 0 spiro atoms. The molecule has 1 N–H and O–H groups in total. The zero-order chi connectivity index (χ0) is 25.1. The topological polar surface area (TPSA) is 72.8 Å². The number of methoxy groups -OCH3 is 3. The maximum atomic E-state index is 11.8. The van der Waals surface area contributed by atoms with Crippen molar-refractivity contribution in [3.05, 3.63) is 82.9 Å². The molecule has 7 nitrogen and oxygen atoms in total. The van der Waals surface area contributed by atoms with Crippen molar-refractivity contribution in [1.29, 1.82) is 0 Å². The van der Waals surface area contributed by atoms with E-state index in [0.29, 0.717) is 43.4 Å². The number of fused-ring (bicyclic) bond motifs is 3. The van der Waals surface area contributed by atoms with Crippen LogP contribution >= 0.6 is 0 Å². The van der Waals surface area contributed by atoms with E-state index in [2.05, 4.69) is 17.1 Å². The van der Waals surface area contributed by atoms with Gasteiger partial charge in [-0.15, -0.1) is 0 Å². The van der Waals surface area contributed by atoms with Crippen LogP contribution in [0, 0.1) is 0 Å². The lowest BCUT2D eigenvalue weighted by atomic mass is 9.86. The monoisotopic (exact) mass is 488 g/mol. The molecule has 0 fully saturated rings. The standard InChI is InChI=1S/C29H32N2O5/c1-33-25-17-20(18-26(34-2)27(25)35-3)7-6-16-36-23-12-10-22(11-13-23)29(32)19-21-8-4-5-9-24(21)28-30-14-15-31(28)29/h4-5,8-13,17-18,32H,6-7,14-16,19H2,1-3H3. The number of hydrogen-bond donors (Lipinski definition) is 1. The molecule has 0 bridgehead atoms. The van der Waals surface area contributed by atoms with Crippen molar-refractivity contribution in [3.63, 3.8) is 0 Å². The minimum Gasteiger partial charge on any atom is -0.494 e. The quantitative estimate of drug-likeness (QED) is 0.456. The Bertz CT molecular complexity index is 1230. The second-order valence-corrected chi connectivity index (χ2v) is 9.02. The van der Waals surface area contributed by atoms with Gasteiger partial charge in [-0.05, 0) is 48.2 Å². The Hall–Kier alpha value is -3.71. The molecule has 0 saturated carbocycles. The van der Waals surface area contributed by atoms with Crippen molar-refractivity contribution in [1.82, 2.24) is 4.90 Å². The highest BCUT2D eigenvalue weighted by atomic mass is 16.5. The molecule has 0 aliphatic carbocycles. The van der Waals surface area contributed by atoms with Crippen LogP contribution in [0.15, 0.2) is 65.7 Å². The fourth-order valence-electron chi connectivity index (χ4n) is 5.11. The third-order valence-electron chi connectivity index (χ3n) is 6.90. The largest absolute Gasteiger partial charge is 0.494 e. The number of nitrogens with zero attached hydrogens (tertiary/aromatic N) is 2. The summed E-state index contributed by atoms with van der Waals surface area (Å²) >= 11 is 0. The van der Waals surface area contributed by atoms with Crippen molar-refractivity contribution in [2.45, 2.75) is 25.0 Å². The molecule has 0 saturated heterocycles. The first kappa shape index (κ1) is 24.0. The van der Waals surface area contributed by atoms with Gasteiger partial charge in [0.05, 0.1) is 34.5 Å². The van der Waals surface area contributed by atoms with Crippen LogP contribution in [0.1, 0.15) is 28.7 Å². The zero-order valence-electron chi connectivity index (χ0n) is 21.0. The minimum atomic E-state index is -1.12. The van der Waals surface area contributed by atoms with E-state index in [1.165, 1.54) is 0 Å². The second-order valence-electron chi connectivity index (χ2n) is 9.02. The van der Waals surface area contributed by atoms with Gasteiger partial charge in [-0.1, -0.05) is 36.4 Å². The number of amidine groups is 1. The van der Waals surface area contributed by atoms with E-state index >= 15 is 0 Å². The zero-order valence-corrected chi connectivity index (χ0v) is 21.0. The lowest BCUT2D eigenvalue weighted by Crippen LogP contribution is -2.53.